The number of amides is 1. The minimum absolute atomic E-state index is 0.0612. The first-order chi connectivity index (χ1) is 15.7. The zero-order valence-corrected chi connectivity index (χ0v) is 20.0. The lowest BCUT2D eigenvalue weighted by molar-refractivity contribution is 0.0659. The SMILES string of the molecule is CC(C)n1cc(-c2nc(Nc3cc(F)c(C(=O)N4CCN(C)CC4)cc3Cl)ncc2Cl)cn1. The Bertz CT molecular complexity index is 1180. The summed E-state index contributed by atoms with van der Waals surface area (Å²) in [6.07, 6.45) is 4.96. The van der Waals surface area contributed by atoms with Crippen LogP contribution in [0, 0.1) is 5.82 Å². The molecule has 0 radical (unpaired) electrons. The van der Waals surface area contributed by atoms with Crippen molar-refractivity contribution in [3.8, 4) is 11.3 Å². The number of carbonyl (C=O) groups is 1. The Hall–Kier alpha value is -2.75. The Morgan fingerprint density at radius 3 is 2.52 bits per heavy atom. The van der Waals surface area contributed by atoms with Crippen molar-refractivity contribution in [3.63, 3.8) is 0 Å². The summed E-state index contributed by atoms with van der Waals surface area (Å²) in [5, 5.41) is 7.77. The van der Waals surface area contributed by atoms with E-state index in [4.69, 9.17) is 23.2 Å². The van der Waals surface area contributed by atoms with Crippen molar-refractivity contribution in [2.24, 2.45) is 0 Å². The first-order valence-corrected chi connectivity index (χ1v) is 11.3. The summed E-state index contributed by atoms with van der Waals surface area (Å²) in [5.41, 5.74) is 1.40. The van der Waals surface area contributed by atoms with Crippen molar-refractivity contribution in [1.82, 2.24) is 29.5 Å². The molecule has 1 fully saturated rings. The van der Waals surface area contributed by atoms with Crippen LogP contribution in [0.5, 0.6) is 0 Å². The van der Waals surface area contributed by atoms with E-state index in [0.717, 1.165) is 18.7 Å². The molecule has 1 aliphatic heterocycles. The van der Waals surface area contributed by atoms with Crippen LogP contribution in [0.3, 0.4) is 0 Å². The summed E-state index contributed by atoms with van der Waals surface area (Å²) >= 11 is 12.7. The summed E-state index contributed by atoms with van der Waals surface area (Å²) in [4.78, 5) is 25.2. The van der Waals surface area contributed by atoms with Crippen LogP contribution < -0.4 is 5.32 Å². The average Bonchev–Trinajstić information content (AvgIpc) is 3.28. The van der Waals surface area contributed by atoms with Crippen LogP contribution in [-0.4, -0.2) is 68.7 Å². The number of hydrogen-bond acceptors (Lipinski definition) is 6. The largest absolute Gasteiger partial charge is 0.336 e. The van der Waals surface area contributed by atoms with E-state index in [1.165, 1.54) is 18.3 Å². The molecule has 0 saturated carbocycles. The number of carbonyl (C=O) groups excluding carboxylic acids is 1. The van der Waals surface area contributed by atoms with Crippen LogP contribution in [0.2, 0.25) is 10.0 Å². The van der Waals surface area contributed by atoms with E-state index in [9.17, 15) is 9.18 Å². The first kappa shape index (κ1) is 23.4. The van der Waals surface area contributed by atoms with Gasteiger partial charge in [-0.2, -0.15) is 5.10 Å². The maximum absolute atomic E-state index is 14.9. The molecule has 1 saturated heterocycles. The third-order valence-corrected chi connectivity index (χ3v) is 6.06. The zero-order chi connectivity index (χ0) is 23.7. The van der Waals surface area contributed by atoms with Crippen molar-refractivity contribution in [3.05, 3.63) is 52.1 Å². The van der Waals surface area contributed by atoms with E-state index in [0.29, 0.717) is 23.8 Å². The molecule has 11 heteroatoms. The van der Waals surface area contributed by atoms with E-state index < -0.39 is 5.82 Å². The van der Waals surface area contributed by atoms with E-state index in [1.807, 2.05) is 27.1 Å². The monoisotopic (exact) mass is 491 g/mol. The molecular weight excluding hydrogens is 468 g/mol. The Labute approximate surface area is 201 Å². The third-order valence-electron chi connectivity index (χ3n) is 5.47. The number of nitrogens with one attached hydrogen (secondary N) is 1. The molecule has 1 amide bonds. The fourth-order valence-electron chi connectivity index (χ4n) is 3.48. The molecule has 3 aromatic rings. The van der Waals surface area contributed by atoms with Gasteiger partial charge in [-0.25, -0.2) is 14.4 Å². The van der Waals surface area contributed by atoms with E-state index in [1.54, 1.807) is 15.8 Å². The molecule has 1 aliphatic rings. The zero-order valence-electron chi connectivity index (χ0n) is 18.5. The number of piperazine rings is 1. The Kier molecular flexibility index (Phi) is 6.83. The maximum atomic E-state index is 14.9. The highest BCUT2D eigenvalue weighted by molar-refractivity contribution is 6.34. The van der Waals surface area contributed by atoms with Gasteiger partial charge in [-0.3, -0.25) is 9.48 Å². The fourth-order valence-corrected chi connectivity index (χ4v) is 3.89. The number of rotatable bonds is 5. The molecule has 1 aromatic carbocycles. The summed E-state index contributed by atoms with van der Waals surface area (Å²) < 4.78 is 16.7. The summed E-state index contributed by atoms with van der Waals surface area (Å²) in [6, 6.07) is 2.70. The average molecular weight is 492 g/mol. The Balaban J connectivity index is 1.57. The second kappa shape index (κ2) is 9.62. The highest BCUT2D eigenvalue weighted by Gasteiger charge is 2.24. The van der Waals surface area contributed by atoms with Gasteiger partial charge in [0.2, 0.25) is 5.95 Å². The molecule has 0 spiro atoms. The molecule has 0 bridgehead atoms. The van der Waals surface area contributed by atoms with Gasteiger partial charge in [-0.05, 0) is 33.0 Å². The van der Waals surface area contributed by atoms with Gasteiger partial charge in [-0.1, -0.05) is 23.2 Å². The van der Waals surface area contributed by atoms with E-state index >= 15 is 0 Å². The maximum Gasteiger partial charge on any atom is 0.256 e. The van der Waals surface area contributed by atoms with Gasteiger partial charge >= 0.3 is 0 Å². The first-order valence-electron chi connectivity index (χ1n) is 10.5. The smallest absolute Gasteiger partial charge is 0.256 e. The highest BCUT2D eigenvalue weighted by atomic mass is 35.5. The molecule has 2 aromatic heterocycles. The molecule has 0 unspecified atom stereocenters. The van der Waals surface area contributed by atoms with Crippen molar-refractivity contribution in [2.75, 3.05) is 38.5 Å². The third kappa shape index (κ3) is 5.10. The van der Waals surface area contributed by atoms with Crippen molar-refractivity contribution >= 4 is 40.7 Å². The molecule has 4 rings (SSSR count). The number of likely N-dealkylation sites (N-methyl/N-ethyl adjacent to an activating group) is 1. The van der Waals surface area contributed by atoms with Gasteiger partial charge in [-0.15, -0.1) is 0 Å². The summed E-state index contributed by atoms with van der Waals surface area (Å²) in [6.45, 7) is 6.60. The van der Waals surface area contributed by atoms with Crippen LogP contribution in [0.15, 0.2) is 30.7 Å². The lowest BCUT2D eigenvalue weighted by Gasteiger charge is -2.32. The quantitative estimate of drug-likeness (QED) is 0.565. The summed E-state index contributed by atoms with van der Waals surface area (Å²) in [5.74, 6) is -0.856. The number of halogens is 3. The van der Waals surface area contributed by atoms with Gasteiger partial charge in [0.05, 0.1) is 39.4 Å². The lowest BCUT2D eigenvalue weighted by atomic mass is 10.1. The Morgan fingerprint density at radius 1 is 1.12 bits per heavy atom. The van der Waals surface area contributed by atoms with Crippen LogP contribution >= 0.6 is 23.2 Å². The van der Waals surface area contributed by atoms with Crippen molar-refractivity contribution in [1.29, 1.82) is 0 Å². The minimum atomic E-state index is -0.668. The van der Waals surface area contributed by atoms with Crippen molar-refractivity contribution in [2.45, 2.75) is 19.9 Å². The van der Waals surface area contributed by atoms with Crippen LogP contribution in [0.25, 0.3) is 11.3 Å². The van der Waals surface area contributed by atoms with Crippen LogP contribution in [0.4, 0.5) is 16.0 Å². The van der Waals surface area contributed by atoms with Gasteiger partial charge in [0.25, 0.3) is 5.91 Å². The fraction of sp³-hybridized carbons (Fsp3) is 0.364. The van der Waals surface area contributed by atoms with Gasteiger partial charge in [0.15, 0.2) is 0 Å². The standard InChI is InChI=1S/C22H24Cl2FN7O/c1-13(2)32-12-14(10-27-32)20-17(24)11-26-22(29-20)28-19-9-18(25)15(8-16(19)23)21(33)31-6-4-30(3)5-7-31/h8-13H,4-7H2,1-3H3,(H,26,28,29). The topological polar surface area (TPSA) is 79.2 Å². The van der Waals surface area contributed by atoms with Crippen molar-refractivity contribution < 1.29 is 9.18 Å². The minimum Gasteiger partial charge on any atom is -0.336 e. The molecule has 0 atom stereocenters. The second-order valence-corrected chi connectivity index (χ2v) is 9.04. The molecule has 1 N–H and O–H groups in total. The predicted molar refractivity (Wildman–Crippen MR) is 127 cm³/mol. The molecule has 3 heterocycles. The normalized spacial score (nSPS) is 14.7. The van der Waals surface area contributed by atoms with Gasteiger partial charge < -0.3 is 15.1 Å². The van der Waals surface area contributed by atoms with Gasteiger partial charge in [0.1, 0.15) is 5.82 Å². The number of anilines is 2. The number of aromatic nitrogens is 4. The second-order valence-electron chi connectivity index (χ2n) is 8.23. The molecule has 174 valence electrons. The Morgan fingerprint density at radius 2 is 1.85 bits per heavy atom. The number of benzene rings is 1. The highest BCUT2D eigenvalue weighted by Crippen LogP contribution is 2.31. The summed E-state index contributed by atoms with van der Waals surface area (Å²) in [7, 11) is 1.99. The molecule has 0 aliphatic carbocycles. The predicted octanol–water partition coefficient (Wildman–Crippen LogP) is 4.50. The van der Waals surface area contributed by atoms with Gasteiger partial charge in [0, 0.05) is 44.0 Å². The number of hydrogen-bond donors (Lipinski definition) is 1. The lowest BCUT2D eigenvalue weighted by Crippen LogP contribution is -2.47. The number of nitrogens with zero attached hydrogens (tertiary/aromatic N) is 6. The van der Waals surface area contributed by atoms with E-state index in [-0.39, 0.29) is 34.2 Å². The van der Waals surface area contributed by atoms with Crippen LogP contribution in [-0.2, 0) is 0 Å². The molecular formula is C22H24Cl2FN7O. The van der Waals surface area contributed by atoms with Crippen LogP contribution in [0.1, 0.15) is 30.2 Å². The molecule has 8 nitrogen and oxygen atoms in total. The van der Waals surface area contributed by atoms with E-state index in [2.05, 4.69) is 25.3 Å². The molecule has 33 heavy (non-hydrogen) atoms.